The first-order chi connectivity index (χ1) is 16.0. The van der Waals surface area contributed by atoms with E-state index in [1.54, 1.807) is 6.07 Å². The summed E-state index contributed by atoms with van der Waals surface area (Å²) in [7, 11) is 0. The number of amides is 1. The number of fused-ring (bicyclic) bond motifs is 1. The number of carbonyl (C=O) groups is 4. The molecule has 184 valence electrons. The molecule has 0 aliphatic carbocycles. The number of hydrogen-bond donors (Lipinski definition) is 1. The molecule has 0 radical (unpaired) electrons. The summed E-state index contributed by atoms with van der Waals surface area (Å²) >= 11 is 0.871. The zero-order valence-electron chi connectivity index (χ0n) is 18.7. The third-order valence-corrected chi connectivity index (χ3v) is 5.41. The minimum absolute atomic E-state index is 0.253. The number of nitrogens with one attached hydrogen (secondary N) is 1. The maximum absolute atomic E-state index is 12.0. The van der Waals surface area contributed by atoms with Crippen LogP contribution in [0.3, 0.4) is 0 Å². The molecule has 2 heterocycles. The Hall–Kier alpha value is -3.45. The van der Waals surface area contributed by atoms with Gasteiger partial charge in [0.05, 0.1) is 4.70 Å². The fourth-order valence-electron chi connectivity index (χ4n) is 3.45. The number of esters is 3. The van der Waals surface area contributed by atoms with Crippen molar-refractivity contribution in [2.75, 3.05) is 6.61 Å². The Labute approximate surface area is 197 Å². The molecular formula is C21H23NO11S. The molecule has 1 amide bonds. The second-order valence-corrected chi connectivity index (χ2v) is 8.38. The van der Waals surface area contributed by atoms with Gasteiger partial charge in [-0.1, -0.05) is 11.3 Å². The van der Waals surface area contributed by atoms with Crippen LogP contribution < -0.4 is 15.0 Å². The Balaban J connectivity index is 1.99. The van der Waals surface area contributed by atoms with Crippen molar-refractivity contribution in [2.24, 2.45) is 0 Å². The molecule has 2 aromatic rings. The SMILES string of the molecule is CC(=O)N[C@H]1[C@@H](Oc2ccc3oc(=O)sc3c2)O[C@@H](COC(C)=O)[C@@H](OC(C)=O)[C@H]1OC(C)=O. The highest BCUT2D eigenvalue weighted by Crippen LogP contribution is 2.30. The quantitative estimate of drug-likeness (QED) is 0.428. The maximum Gasteiger partial charge on any atom is 0.396 e. The lowest BCUT2D eigenvalue weighted by Crippen LogP contribution is -2.67. The van der Waals surface area contributed by atoms with Gasteiger partial charge in [0.1, 0.15) is 30.1 Å². The molecule has 1 aliphatic rings. The van der Waals surface area contributed by atoms with Crippen molar-refractivity contribution in [3.63, 3.8) is 0 Å². The molecule has 0 spiro atoms. The largest absolute Gasteiger partial charge is 0.463 e. The van der Waals surface area contributed by atoms with E-state index in [1.807, 2.05) is 0 Å². The number of carbonyl (C=O) groups excluding carboxylic acids is 4. The molecular weight excluding hydrogens is 474 g/mol. The molecule has 0 saturated carbocycles. The topological polar surface area (TPSA) is 157 Å². The molecule has 0 unspecified atom stereocenters. The molecule has 1 aromatic heterocycles. The van der Waals surface area contributed by atoms with Crippen molar-refractivity contribution < 1.29 is 47.3 Å². The summed E-state index contributed by atoms with van der Waals surface area (Å²) in [6.07, 6.45) is -4.82. The Morgan fingerprint density at radius 1 is 1.00 bits per heavy atom. The number of hydrogen-bond acceptors (Lipinski definition) is 12. The molecule has 12 nitrogen and oxygen atoms in total. The summed E-state index contributed by atoms with van der Waals surface area (Å²) in [5.74, 6) is -2.28. The van der Waals surface area contributed by atoms with Crippen LogP contribution in [0.15, 0.2) is 27.4 Å². The van der Waals surface area contributed by atoms with Crippen molar-refractivity contribution in [1.82, 2.24) is 5.32 Å². The van der Waals surface area contributed by atoms with Gasteiger partial charge in [0.15, 0.2) is 12.2 Å². The van der Waals surface area contributed by atoms with E-state index in [9.17, 15) is 24.0 Å². The summed E-state index contributed by atoms with van der Waals surface area (Å²) in [6.45, 7) is 4.38. The second-order valence-electron chi connectivity index (χ2n) is 7.40. The Morgan fingerprint density at radius 2 is 1.68 bits per heavy atom. The molecule has 1 fully saturated rings. The van der Waals surface area contributed by atoms with E-state index in [4.69, 9.17) is 28.1 Å². The normalized spacial score (nSPS) is 24.2. The van der Waals surface area contributed by atoms with Crippen molar-refractivity contribution in [1.29, 1.82) is 0 Å². The average Bonchev–Trinajstić information content (AvgIpc) is 3.09. The summed E-state index contributed by atoms with van der Waals surface area (Å²) in [6, 6.07) is 3.48. The highest BCUT2D eigenvalue weighted by atomic mass is 32.1. The monoisotopic (exact) mass is 497 g/mol. The average molecular weight is 497 g/mol. The van der Waals surface area contributed by atoms with Crippen LogP contribution in [0.5, 0.6) is 5.75 Å². The molecule has 1 aromatic carbocycles. The van der Waals surface area contributed by atoms with E-state index in [0.29, 0.717) is 10.3 Å². The van der Waals surface area contributed by atoms with Gasteiger partial charge in [0.25, 0.3) is 0 Å². The Bertz CT molecular complexity index is 1140. The van der Waals surface area contributed by atoms with Gasteiger partial charge in [-0.25, -0.2) is 4.79 Å². The first kappa shape index (κ1) is 25.2. The smallest absolute Gasteiger partial charge is 0.396 e. The van der Waals surface area contributed by atoms with Crippen LogP contribution in [0.1, 0.15) is 27.7 Å². The minimum atomic E-state index is -1.26. The van der Waals surface area contributed by atoms with E-state index < -0.39 is 59.4 Å². The molecule has 13 heteroatoms. The van der Waals surface area contributed by atoms with Gasteiger partial charge in [0.2, 0.25) is 12.2 Å². The summed E-state index contributed by atoms with van der Waals surface area (Å²) in [5, 5.41) is 2.61. The maximum atomic E-state index is 12.0. The van der Waals surface area contributed by atoms with Crippen LogP contribution in [0.25, 0.3) is 10.3 Å². The Kier molecular flexibility index (Phi) is 7.89. The lowest BCUT2D eigenvalue weighted by atomic mass is 9.96. The van der Waals surface area contributed by atoms with Gasteiger partial charge in [0, 0.05) is 33.8 Å². The van der Waals surface area contributed by atoms with Crippen LogP contribution in [0.2, 0.25) is 0 Å². The number of rotatable bonds is 7. The molecule has 0 bridgehead atoms. The van der Waals surface area contributed by atoms with Gasteiger partial charge < -0.3 is 33.4 Å². The number of ether oxygens (including phenoxy) is 5. The first-order valence-corrected chi connectivity index (χ1v) is 11.0. The molecule has 5 atom stereocenters. The van der Waals surface area contributed by atoms with Crippen molar-refractivity contribution in [3.8, 4) is 5.75 Å². The summed E-state index contributed by atoms with van der Waals surface area (Å²) in [5.41, 5.74) is 0.366. The molecule has 34 heavy (non-hydrogen) atoms. The zero-order chi connectivity index (χ0) is 25.0. The second kappa shape index (κ2) is 10.7. The van der Waals surface area contributed by atoms with E-state index in [2.05, 4.69) is 5.32 Å². The van der Waals surface area contributed by atoms with Crippen LogP contribution in [-0.4, -0.2) is 61.1 Å². The third-order valence-electron chi connectivity index (χ3n) is 4.63. The van der Waals surface area contributed by atoms with Gasteiger partial charge in [-0.3, -0.25) is 19.2 Å². The van der Waals surface area contributed by atoms with Crippen LogP contribution in [0, 0.1) is 0 Å². The number of benzene rings is 1. The predicted molar refractivity (Wildman–Crippen MR) is 115 cm³/mol. The van der Waals surface area contributed by atoms with Crippen molar-refractivity contribution in [2.45, 2.75) is 58.3 Å². The zero-order valence-corrected chi connectivity index (χ0v) is 19.5. The Morgan fingerprint density at radius 3 is 2.29 bits per heavy atom. The van der Waals surface area contributed by atoms with Gasteiger partial charge in [-0.05, 0) is 12.1 Å². The molecule has 1 aliphatic heterocycles. The summed E-state index contributed by atoms with van der Waals surface area (Å²) in [4.78, 5) is 58.0. The van der Waals surface area contributed by atoms with E-state index in [0.717, 1.165) is 25.2 Å². The first-order valence-electron chi connectivity index (χ1n) is 10.1. The van der Waals surface area contributed by atoms with Crippen LogP contribution in [0.4, 0.5) is 0 Å². The standard InChI is InChI=1S/C21H23NO11S/c1-9(23)22-17-19(30-12(4)26)18(29-11(3)25)15(8-28-10(2)24)32-20(17)31-13-5-6-14-16(7-13)34-21(27)33-14/h5-7,15,17-20H,8H2,1-4H3,(H,22,23)/t15-,17+,18+,19-,20-/m0/s1. The summed E-state index contributed by atoms with van der Waals surface area (Å²) < 4.78 is 33.2. The lowest BCUT2D eigenvalue weighted by Gasteiger charge is -2.44. The molecule has 3 rings (SSSR count). The molecule has 1 saturated heterocycles. The third kappa shape index (κ3) is 6.32. The lowest BCUT2D eigenvalue weighted by molar-refractivity contribution is -0.257. The highest BCUT2D eigenvalue weighted by molar-refractivity contribution is 7.16. The van der Waals surface area contributed by atoms with Gasteiger partial charge in [-0.15, -0.1) is 0 Å². The fraction of sp³-hybridized carbons (Fsp3) is 0.476. The van der Waals surface area contributed by atoms with E-state index >= 15 is 0 Å². The van der Waals surface area contributed by atoms with E-state index in [1.165, 1.54) is 26.0 Å². The minimum Gasteiger partial charge on any atom is -0.463 e. The van der Waals surface area contributed by atoms with Crippen molar-refractivity contribution in [3.05, 3.63) is 27.9 Å². The molecule has 1 N–H and O–H groups in total. The van der Waals surface area contributed by atoms with Crippen molar-refractivity contribution >= 4 is 45.4 Å². The van der Waals surface area contributed by atoms with Gasteiger partial charge in [-0.2, -0.15) is 0 Å². The van der Waals surface area contributed by atoms with E-state index in [-0.39, 0.29) is 12.4 Å². The highest BCUT2D eigenvalue weighted by Gasteiger charge is 2.52. The van der Waals surface area contributed by atoms with Crippen LogP contribution >= 0.6 is 11.3 Å². The fourth-order valence-corrected chi connectivity index (χ4v) is 4.15. The predicted octanol–water partition coefficient (Wildman–Crippen LogP) is 0.889. The van der Waals surface area contributed by atoms with Gasteiger partial charge >= 0.3 is 22.8 Å². The van der Waals surface area contributed by atoms with Crippen LogP contribution in [-0.2, 0) is 38.1 Å².